The Hall–Kier alpha value is -1.89. The van der Waals surface area contributed by atoms with Crippen molar-refractivity contribution in [2.45, 2.75) is 13.3 Å². The number of carbonyl (C=O) groups is 2. The van der Waals surface area contributed by atoms with Crippen LogP contribution in [0, 0.1) is 0 Å². The van der Waals surface area contributed by atoms with Crippen LogP contribution in [0.5, 0.6) is 11.5 Å². The van der Waals surface area contributed by atoms with Crippen molar-refractivity contribution < 1.29 is 19.1 Å². The van der Waals surface area contributed by atoms with E-state index < -0.39 is 0 Å². The molecular weight excluding hydrogens is 316 g/mol. The largest absolute Gasteiger partial charge is 0.494 e. The Labute approximate surface area is 140 Å². The molecule has 0 unspecified atom stereocenters. The molecule has 6 nitrogen and oxygen atoms in total. The van der Waals surface area contributed by atoms with Crippen LogP contribution in [0.15, 0.2) is 24.3 Å². The Morgan fingerprint density at radius 1 is 1.09 bits per heavy atom. The van der Waals surface area contributed by atoms with Crippen molar-refractivity contribution in [2.24, 2.45) is 0 Å². The molecule has 23 heavy (non-hydrogen) atoms. The van der Waals surface area contributed by atoms with Crippen LogP contribution >= 0.6 is 11.8 Å². The van der Waals surface area contributed by atoms with Crippen LogP contribution in [0.1, 0.15) is 13.3 Å². The zero-order valence-corrected chi connectivity index (χ0v) is 14.1. The van der Waals surface area contributed by atoms with Gasteiger partial charge < -0.3 is 14.8 Å². The van der Waals surface area contributed by atoms with E-state index in [-0.39, 0.29) is 18.5 Å². The van der Waals surface area contributed by atoms with Crippen molar-refractivity contribution in [3.63, 3.8) is 0 Å². The summed E-state index contributed by atoms with van der Waals surface area (Å²) in [7, 11) is 0. The van der Waals surface area contributed by atoms with Gasteiger partial charge in [0.05, 0.1) is 19.8 Å². The first-order valence-electron chi connectivity index (χ1n) is 7.72. The summed E-state index contributed by atoms with van der Waals surface area (Å²) in [4.78, 5) is 24.0. The third-order valence-corrected chi connectivity index (χ3v) is 4.12. The first kappa shape index (κ1) is 17.5. The molecule has 2 rings (SSSR count). The summed E-state index contributed by atoms with van der Waals surface area (Å²) in [6.07, 6.45) is 0.986. The van der Waals surface area contributed by atoms with E-state index in [1.807, 2.05) is 24.3 Å². The molecule has 1 heterocycles. The number of imide groups is 1. The third kappa shape index (κ3) is 5.67. The van der Waals surface area contributed by atoms with E-state index in [2.05, 4.69) is 12.2 Å². The summed E-state index contributed by atoms with van der Waals surface area (Å²) >= 11 is 1.65. The Morgan fingerprint density at radius 3 is 2.30 bits per heavy atom. The topological polar surface area (TPSA) is 67.9 Å². The van der Waals surface area contributed by atoms with Crippen LogP contribution in [-0.2, 0) is 4.79 Å². The lowest BCUT2D eigenvalue weighted by Crippen LogP contribution is -2.33. The lowest BCUT2D eigenvalue weighted by atomic mass is 10.3. The molecule has 0 spiro atoms. The van der Waals surface area contributed by atoms with Crippen LogP contribution in [0.4, 0.5) is 4.79 Å². The van der Waals surface area contributed by atoms with E-state index in [4.69, 9.17) is 9.47 Å². The van der Waals surface area contributed by atoms with E-state index >= 15 is 0 Å². The van der Waals surface area contributed by atoms with Crippen molar-refractivity contribution >= 4 is 23.7 Å². The van der Waals surface area contributed by atoms with Crippen LogP contribution in [0.2, 0.25) is 0 Å². The second kappa shape index (κ2) is 9.29. The summed E-state index contributed by atoms with van der Waals surface area (Å²) in [5.41, 5.74) is 0. The number of nitrogens with zero attached hydrogens (tertiary/aromatic N) is 1. The second-order valence-electron chi connectivity index (χ2n) is 4.98. The first-order valence-corrected chi connectivity index (χ1v) is 8.87. The minimum Gasteiger partial charge on any atom is -0.494 e. The molecule has 1 aromatic carbocycles. The predicted octanol–water partition coefficient (Wildman–Crippen LogP) is 2.14. The van der Waals surface area contributed by atoms with E-state index in [1.165, 1.54) is 4.90 Å². The van der Waals surface area contributed by atoms with E-state index in [9.17, 15) is 9.59 Å². The number of carbonyl (C=O) groups excluding carboxylic acids is 2. The van der Waals surface area contributed by atoms with Gasteiger partial charge >= 0.3 is 6.03 Å². The molecule has 1 aliphatic rings. The molecule has 126 valence electrons. The van der Waals surface area contributed by atoms with Crippen molar-refractivity contribution in [1.82, 2.24) is 10.2 Å². The third-order valence-electron chi connectivity index (χ3n) is 3.19. The molecular formula is C16H22N2O4S. The summed E-state index contributed by atoms with van der Waals surface area (Å²) in [5.74, 6) is 3.02. The molecule has 0 aromatic heterocycles. The normalized spacial score (nSPS) is 14.0. The fraction of sp³-hybridized carbons (Fsp3) is 0.500. The molecule has 1 fully saturated rings. The number of thioether (sulfide) groups is 1. The highest BCUT2D eigenvalue weighted by atomic mass is 32.2. The zero-order valence-electron chi connectivity index (χ0n) is 13.2. The maximum Gasteiger partial charge on any atom is 0.324 e. The van der Waals surface area contributed by atoms with E-state index in [0.29, 0.717) is 25.5 Å². The molecule has 0 aliphatic carbocycles. The highest BCUT2D eigenvalue weighted by molar-refractivity contribution is 7.99. The fourth-order valence-electron chi connectivity index (χ4n) is 2.01. The summed E-state index contributed by atoms with van der Waals surface area (Å²) in [6.45, 7) is 3.93. The fourth-order valence-corrected chi connectivity index (χ4v) is 2.73. The smallest absolute Gasteiger partial charge is 0.324 e. The average Bonchev–Trinajstić information content (AvgIpc) is 2.88. The van der Waals surface area contributed by atoms with Crippen molar-refractivity contribution in [1.29, 1.82) is 0 Å². The average molecular weight is 338 g/mol. The number of ether oxygens (including phenoxy) is 2. The monoisotopic (exact) mass is 338 g/mol. The van der Waals surface area contributed by atoms with Gasteiger partial charge in [-0.25, -0.2) is 4.79 Å². The molecule has 0 bridgehead atoms. The standard InChI is InChI=1S/C16H22N2O4S/c1-2-8-21-13-3-5-14(6-4-13)22-9-11-23-10-7-18-15(19)12-17-16(18)20/h3-6H,2,7-12H2,1H3,(H,17,20). The molecule has 7 heteroatoms. The molecule has 0 saturated carbocycles. The highest BCUT2D eigenvalue weighted by Gasteiger charge is 2.27. The van der Waals surface area contributed by atoms with Crippen molar-refractivity contribution in [3.8, 4) is 11.5 Å². The number of amides is 3. The molecule has 3 amide bonds. The summed E-state index contributed by atoms with van der Waals surface area (Å²) in [5, 5.41) is 2.50. The molecule has 1 aliphatic heterocycles. The summed E-state index contributed by atoms with van der Waals surface area (Å²) in [6, 6.07) is 7.29. The van der Waals surface area contributed by atoms with Gasteiger partial charge in [0.25, 0.3) is 0 Å². The second-order valence-corrected chi connectivity index (χ2v) is 6.21. The molecule has 0 atom stereocenters. The van der Waals surface area contributed by atoms with Gasteiger partial charge in [0.15, 0.2) is 0 Å². The highest BCUT2D eigenvalue weighted by Crippen LogP contribution is 2.18. The minimum atomic E-state index is -0.294. The lowest BCUT2D eigenvalue weighted by molar-refractivity contribution is -0.124. The Balaban J connectivity index is 1.56. The predicted molar refractivity (Wildman–Crippen MR) is 90.2 cm³/mol. The van der Waals surface area contributed by atoms with Gasteiger partial charge in [-0.05, 0) is 30.7 Å². The van der Waals surface area contributed by atoms with Crippen molar-refractivity contribution in [2.75, 3.05) is 37.8 Å². The number of benzene rings is 1. The van der Waals surface area contributed by atoms with Crippen LogP contribution in [0.3, 0.4) is 0 Å². The van der Waals surface area contributed by atoms with Crippen LogP contribution < -0.4 is 14.8 Å². The van der Waals surface area contributed by atoms with Gasteiger partial charge in [0.1, 0.15) is 11.5 Å². The first-order chi connectivity index (χ1) is 11.2. The van der Waals surface area contributed by atoms with Gasteiger partial charge in [0.2, 0.25) is 5.91 Å². The van der Waals surface area contributed by atoms with Gasteiger partial charge in [-0.15, -0.1) is 0 Å². The molecule has 1 aromatic rings. The van der Waals surface area contributed by atoms with Crippen molar-refractivity contribution in [3.05, 3.63) is 24.3 Å². The van der Waals surface area contributed by atoms with Crippen LogP contribution in [0.25, 0.3) is 0 Å². The number of hydrogen-bond acceptors (Lipinski definition) is 5. The zero-order chi connectivity index (χ0) is 16.5. The number of hydrogen-bond donors (Lipinski definition) is 1. The van der Waals surface area contributed by atoms with Crippen LogP contribution in [-0.4, -0.2) is 54.6 Å². The molecule has 1 N–H and O–H groups in total. The quantitative estimate of drug-likeness (QED) is 0.523. The van der Waals surface area contributed by atoms with E-state index in [0.717, 1.165) is 23.7 Å². The SMILES string of the molecule is CCCOc1ccc(OCCSCCN2C(=O)CNC2=O)cc1. The van der Waals surface area contributed by atoms with Gasteiger partial charge in [-0.3, -0.25) is 9.69 Å². The molecule has 1 saturated heterocycles. The van der Waals surface area contributed by atoms with Gasteiger partial charge in [0, 0.05) is 18.1 Å². The minimum absolute atomic E-state index is 0.116. The maximum atomic E-state index is 11.4. The number of nitrogens with one attached hydrogen (secondary N) is 1. The maximum absolute atomic E-state index is 11.4. The Bertz CT molecular complexity index is 505. The van der Waals surface area contributed by atoms with E-state index in [1.54, 1.807) is 11.8 Å². The number of urea groups is 1. The Kier molecular flexibility index (Phi) is 7.06. The lowest BCUT2D eigenvalue weighted by Gasteiger charge is -2.12. The van der Waals surface area contributed by atoms with Gasteiger partial charge in [-0.2, -0.15) is 11.8 Å². The summed E-state index contributed by atoms with van der Waals surface area (Å²) < 4.78 is 11.2. The molecule has 0 radical (unpaired) electrons. The Morgan fingerprint density at radius 2 is 1.74 bits per heavy atom. The van der Waals surface area contributed by atoms with Gasteiger partial charge in [-0.1, -0.05) is 6.92 Å². The number of rotatable bonds is 10.